The molecule has 1 N–H and O–H groups in total. The third-order valence-electron chi connectivity index (χ3n) is 3.67. The Morgan fingerprint density at radius 3 is 2.62 bits per heavy atom. The molecule has 0 bridgehead atoms. The Labute approximate surface area is 123 Å². The molecule has 0 aliphatic carbocycles. The van der Waals surface area contributed by atoms with Gasteiger partial charge in [-0.2, -0.15) is 0 Å². The van der Waals surface area contributed by atoms with E-state index in [2.05, 4.69) is 12.2 Å². The van der Waals surface area contributed by atoms with Gasteiger partial charge in [-0.25, -0.2) is 4.39 Å². The van der Waals surface area contributed by atoms with Crippen LogP contribution in [0.1, 0.15) is 30.5 Å². The van der Waals surface area contributed by atoms with Gasteiger partial charge in [-0.3, -0.25) is 0 Å². The molecule has 0 fully saturated rings. The van der Waals surface area contributed by atoms with Gasteiger partial charge in [0.15, 0.2) is 11.5 Å². The van der Waals surface area contributed by atoms with Gasteiger partial charge in [-0.15, -0.1) is 0 Å². The van der Waals surface area contributed by atoms with Crippen molar-refractivity contribution in [2.24, 2.45) is 0 Å². The third-order valence-corrected chi connectivity index (χ3v) is 3.67. The SMILES string of the molecule is CCC(NCc1ccc2c(c1)OCO2)c1ccc(F)cc1. The summed E-state index contributed by atoms with van der Waals surface area (Å²) in [7, 11) is 0. The van der Waals surface area contributed by atoms with E-state index < -0.39 is 0 Å². The van der Waals surface area contributed by atoms with Crippen LogP contribution in [0.5, 0.6) is 11.5 Å². The molecule has 1 aliphatic rings. The van der Waals surface area contributed by atoms with E-state index in [1.54, 1.807) is 0 Å². The normalized spacial score (nSPS) is 14.2. The van der Waals surface area contributed by atoms with Gasteiger partial charge < -0.3 is 14.8 Å². The Hall–Kier alpha value is -2.07. The average molecular weight is 287 g/mol. The number of hydrogen-bond acceptors (Lipinski definition) is 3. The lowest BCUT2D eigenvalue weighted by Gasteiger charge is -2.17. The summed E-state index contributed by atoms with van der Waals surface area (Å²) in [5.74, 6) is 1.39. The molecule has 1 aliphatic heterocycles. The number of ether oxygens (including phenoxy) is 2. The van der Waals surface area contributed by atoms with Crippen molar-refractivity contribution in [1.29, 1.82) is 0 Å². The smallest absolute Gasteiger partial charge is 0.231 e. The predicted molar refractivity (Wildman–Crippen MR) is 78.8 cm³/mol. The van der Waals surface area contributed by atoms with Crippen molar-refractivity contribution in [1.82, 2.24) is 5.32 Å². The van der Waals surface area contributed by atoms with Crippen molar-refractivity contribution in [2.45, 2.75) is 25.9 Å². The molecule has 2 aromatic rings. The van der Waals surface area contributed by atoms with Crippen LogP contribution in [0.2, 0.25) is 0 Å². The summed E-state index contributed by atoms with van der Waals surface area (Å²) in [4.78, 5) is 0. The summed E-state index contributed by atoms with van der Waals surface area (Å²) in [5, 5.41) is 3.49. The second-order valence-electron chi connectivity index (χ2n) is 5.08. The first kappa shape index (κ1) is 13.9. The minimum absolute atomic E-state index is 0.204. The van der Waals surface area contributed by atoms with Crippen molar-refractivity contribution < 1.29 is 13.9 Å². The van der Waals surface area contributed by atoms with E-state index in [9.17, 15) is 4.39 Å². The van der Waals surface area contributed by atoms with Crippen LogP contribution in [0.15, 0.2) is 42.5 Å². The standard InChI is InChI=1S/C17H18FNO2/c1-2-15(13-4-6-14(18)7-5-13)19-10-12-3-8-16-17(9-12)21-11-20-16/h3-9,15,19H,2,10-11H2,1H3. The van der Waals surface area contributed by atoms with E-state index in [0.29, 0.717) is 6.79 Å². The Kier molecular flexibility index (Phi) is 4.06. The quantitative estimate of drug-likeness (QED) is 0.907. The molecule has 0 saturated carbocycles. The third kappa shape index (κ3) is 3.16. The molecule has 1 unspecified atom stereocenters. The lowest BCUT2D eigenvalue weighted by Crippen LogP contribution is -2.20. The maximum absolute atomic E-state index is 13.0. The van der Waals surface area contributed by atoms with E-state index in [1.807, 2.05) is 30.3 Å². The molecule has 2 aromatic carbocycles. The first-order valence-corrected chi connectivity index (χ1v) is 7.13. The minimum atomic E-state index is -0.204. The second kappa shape index (κ2) is 6.14. The highest BCUT2D eigenvalue weighted by Crippen LogP contribution is 2.32. The van der Waals surface area contributed by atoms with E-state index in [1.165, 1.54) is 12.1 Å². The van der Waals surface area contributed by atoms with Crippen LogP contribution in [-0.2, 0) is 6.54 Å². The molecule has 4 heteroatoms. The number of rotatable bonds is 5. The zero-order chi connectivity index (χ0) is 14.7. The Morgan fingerprint density at radius 1 is 1.10 bits per heavy atom. The molecule has 110 valence electrons. The number of benzene rings is 2. The van der Waals surface area contributed by atoms with Gasteiger partial charge >= 0.3 is 0 Å². The fourth-order valence-electron chi connectivity index (χ4n) is 2.48. The van der Waals surface area contributed by atoms with Crippen LogP contribution >= 0.6 is 0 Å². The second-order valence-corrected chi connectivity index (χ2v) is 5.08. The minimum Gasteiger partial charge on any atom is -0.454 e. The zero-order valence-corrected chi connectivity index (χ0v) is 11.9. The van der Waals surface area contributed by atoms with Gasteiger partial charge in [-0.1, -0.05) is 25.1 Å². The molecule has 21 heavy (non-hydrogen) atoms. The van der Waals surface area contributed by atoms with Gasteiger partial charge in [0.1, 0.15) is 5.82 Å². The lowest BCUT2D eigenvalue weighted by molar-refractivity contribution is 0.174. The van der Waals surface area contributed by atoms with Gasteiger partial charge in [-0.05, 0) is 41.8 Å². The summed E-state index contributed by atoms with van der Waals surface area (Å²) in [5.41, 5.74) is 2.24. The van der Waals surface area contributed by atoms with Crippen LogP contribution in [0.25, 0.3) is 0 Å². The van der Waals surface area contributed by atoms with E-state index in [4.69, 9.17) is 9.47 Å². The zero-order valence-electron chi connectivity index (χ0n) is 11.9. The Morgan fingerprint density at radius 2 is 1.86 bits per heavy atom. The lowest BCUT2D eigenvalue weighted by atomic mass is 10.0. The summed E-state index contributed by atoms with van der Waals surface area (Å²) in [6, 6.07) is 12.8. The van der Waals surface area contributed by atoms with Crippen molar-refractivity contribution in [3.63, 3.8) is 0 Å². The van der Waals surface area contributed by atoms with Crippen LogP contribution < -0.4 is 14.8 Å². The van der Waals surface area contributed by atoms with Gasteiger partial charge in [0.25, 0.3) is 0 Å². The largest absolute Gasteiger partial charge is 0.454 e. The predicted octanol–water partition coefficient (Wildman–Crippen LogP) is 3.80. The number of halogens is 1. The fraction of sp³-hybridized carbons (Fsp3) is 0.294. The maximum Gasteiger partial charge on any atom is 0.231 e. The van der Waals surface area contributed by atoms with Crippen molar-refractivity contribution in [3.8, 4) is 11.5 Å². The molecule has 0 saturated heterocycles. The molecule has 3 nitrogen and oxygen atoms in total. The van der Waals surface area contributed by atoms with Gasteiger partial charge in [0, 0.05) is 12.6 Å². The van der Waals surface area contributed by atoms with Crippen LogP contribution in [-0.4, -0.2) is 6.79 Å². The monoisotopic (exact) mass is 287 g/mol. The van der Waals surface area contributed by atoms with Crippen LogP contribution in [0.4, 0.5) is 4.39 Å². The Bertz CT molecular complexity index is 613. The van der Waals surface area contributed by atoms with Gasteiger partial charge in [0.2, 0.25) is 6.79 Å². The van der Waals surface area contributed by atoms with E-state index in [0.717, 1.165) is 35.6 Å². The summed E-state index contributed by atoms with van der Waals surface area (Å²) in [6.07, 6.45) is 0.941. The number of hydrogen-bond donors (Lipinski definition) is 1. The molecular weight excluding hydrogens is 269 g/mol. The van der Waals surface area contributed by atoms with Crippen molar-refractivity contribution in [2.75, 3.05) is 6.79 Å². The molecule has 0 aromatic heterocycles. The highest BCUT2D eigenvalue weighted by atomic mass is 19.1. The maximum atomic E-state index is 13.0. The Balaban J connectivity index is 1.66. The molecule has 3 rings (SSSR count). The molecule has 0 radical (unpaired) electrons. The molecule has 0 spiro atoms. The molecule has 1 atom stereocenters. The van der Waals surface area contributed by atoms with Gasteiger partial charge in [0.05, 0.1) is 0 Å². The topological polar surface area (TPSA) is 30.5 Å². The average Bonchev–Trinajstić information content (AvgIpc) is 2.97. The summed E-state index contributed by atoms with van der Waals surface area (Å²) < 4.78 is 23.7. The van der Waals surface area contributed by atoms with Crippen LogP contribution in [0.3, 0.4) is 0 Å². The first-order chi connectivity index (χ1) is 10.3. The van der Waals surface area contributed by atoms with Crippen LogP contribution in [0, 0.1) is 5.82 Å². The van der Waals surface area contributed by atoms with Crippen molar-refractivity contribution >= 4 is 0 Å². The van der Waals surface area contributed by atoms with E-state index in [-0.39, 0.29) is 11.9 Å². The molecule has 0 amide bonds. The van der Waals surface area contributed by atoms with Crippen molar-refractivity contribution in [3.05, 3.63) is 59.4 Å². The summed E-state index contributed by atoms with van der Waals surface area (Å²) >= 11 is 0. The highest BCUT2D eigenvalue weighted by molar-refractivity contribution is 5.44. The molecule has 1 heterocycles. The molecular formula is C17H18FNO2. The first-order valence-electron chi connectivity index (χ1n) is 7.13. The summed E-state index contributed by atoms with van der Waals surface area (Å²) in [6.45, 7) is 3.13. The fourth-order valence-corrected chi connectivity index (χ4v) is 2.48. The van der Waals surface area contributed by atoms with E-state index >= 15 is 0 Å². The number of fused-ring (bicyclic) bond motifs is 1. The number of nitrogens with one attached hydrogen (secondary N) is 1. The highest BCUT2D eigenvalue weighted by Gasteiger charge is 2.14.